The van der Waals surface area contributed by atoms with Crippen LogP contribution >= 0.6 is 0 Å². The number of nitrogens with one attached hydrogen (secondary N) is 1. The van der Waals surface area contributed by atoms with Crippen molar-refractivity contribution in [2.45, 2.75) is 39.2 Å². The summed E-state index contributed by atoms with van der Waals surface area (Å²) in [4.78, 5) is 41.6. The van der Waals surface area contributed by atoms with Crippen molar-refractivity contribution in [2.75, 3.05) is 5.32 Å². The zero-order chi connectivity index (χ0) is 22.4. The average Bonchev–Trinajstić information content (AvgIpc) is 3.08. The Morgan fingerprint density at radius 3 is 2.00 bits per heavy atom. The number of carbonyl (C=O) groups excluding carboxylic acids is 3. The van der Waals surface area contributed by atoms with E-state index >= 15 is 0 Å². The van der Waals surface area contributed by atoms with Gasteiger partial charge in [-0.2, -0.15) is 0 Å². The molecule has 2 bridgehead atoms. The SMILES string of the molecule is Cc1cccc(C)c1NC(=O)C[C@@H](c1ccccc1)N1C(=O)[C@@H]2[C@H](C1=O)[C@H]1C=C[C@H]2CC1. The molecule has 1 N–H and O–H groups in total. The van der Waals surface area contributed by atoms with Crippen LogP contribution in [0.5, 0.6) is 0 Å². The van der Waals surface area contributed by atoms with E-state index in [4.69, 9.17) is 0 Å². The Balaban J connectivity index is 1.45. The normalized spacial score (nSPS) is 26.9. The maximum atomic E-state index is 13.5. The Hall–Kier alpha value is -3.21. The van der Waals surface area contributed by atoms with Gasteiger partial charge in [0.1, 0.15) is 0 Å². The van der Waals surface area contributed by atoms with Gasteiger partial charge in [0.2, 0.25) is 17.7 Å². The molecule has 2 aromatic carbocycles. The van der Waals surface area contributed by atoms with Crippen LogP contribution in [0, 0.1) is 37.5 Å². The number of allylic oxidation sites excluding steroid dienone is 2. The van der Waals surface area contributed by atoms with E-state index in [1.165, 1.54) is 4.90 Å². The van der Waals surface area contributed by atoms with Crippen molar-refractivity contribution >= 4 is 23.4 Å². The van der Waals surface area contributed by atoms with Gasteiger partial charge in [0.25, 0.3) is 0 Å². The van der Waals surface area contributed by atoms with Crippen LogP contribution in [0.15, 0.2) is 60.7 Å². The van der Waals surface area contributed by atoms with Crippen molar-refractivity contribution in [1.29, 1.82) is 0 Å². The number of hydrogen-bond donors (Lipinski definition) is 1. The molecule has 5 atom stereocenters. The molecule has 0 radical (unpaired) electrons. The summed E-state index contributed by atoms with van der Waals surface area (Å²) in [6.45, 7) is 3.91. The van der Waals surface area contributed by atoms with E-state index < -0.39 is 6.04 Å². The van der Waals surface area contributed by atoms with E-state index in [2.05, 4.69) is 17.5 Å². The van der Waals surface area contributed by atoms with Crippen molar-refractivity contribution in [3.8, 4) is 0 Å². The summed E-state index contributed by atoms with van der Waals surface area (Å²) in [6, 6.07) is 14.7. The summed E-state index contributed by atoms with van der Waals surface area (Å²) in [5.74, 6) is -0.732. The number of likely N-dealkylation sites (tertiary alicyclic amines) is 1. The molecule has 32 heavy (non-hydrogen) atoms. The van der Waals surface area contributed by atoms with Crippen LogP contribution in [0.1, 0.15) is 42.0 Å². The quantitative estimate of drug-likeness (QED) is 0.560. The van der Waals surface area contributed by atoms with Crippen molar-refractivity contribution in [3.05, 3.63) is 77.4 Å². The minimum Gasteiger partial charge on any atom is -0.326 e. The molecule has 4 aliphatic rings. The second-order valence-corrected chi connectivity index (χ2v) is 9.33. The largest absolute Gasteiger partial charge is 0.326 e. The van der Waals surface area contributed by atoms with E-state index in [0.29, 0.717) is 0 Å². The van der Waals surface area contributed by atoms with Gasteiger partial charge in [0, 0.05) is 5.69 Å². The fourth-order valence-electron chi connectivity index (χ4n) is 5.82. The molecule has 3 aliphatic carbocycles. The third-order valence-electron chi connectivity index (χ3n) is 7.41. The van der Waals surface area contributed by atoms with Crippen molar-refractivity contribution in [1.82, 2.24) is 4.90 Å². The summed E-state index contributed by atoms with van der Waals surface area (Å²) >= 11 is 0. The molecule has 0 unspecified atom stereocenters. The van der Waals surface area contributed by atoms with Gasteiger partial charge in [-0.05, 0) is 55.2 Å². The Morgan fingerprint density at radius 1 is 0.906 bits per heavy atom. The summed E-state index contributed by atoms with van der Waals surface area (Å²) in [5, 5.41) is 3.02. The highest BCUT2D eigenvalue weighted by atomic mass is 16.2. The van der Waals surface area contributed by atoms with Crippen LogP contribution in [0.2, 0.25) is 0 Å². The van der Waals surface area contributed by atoms with E-state index in [9.17, 15) is 14.4 Å². The van der Waals surface area contributed by atoms with Crippen LogP contribution in [-0.4, -0.2) is 22.6 Å². The number of imide groups is 1. The predicted octanol–water partition coefficient (Wildman–Crippen LogP) is 4.57. The first kappa shape index (κ1) is 20.7. The topological polar surface area (TPSA) is 66.5 Å². The van der Waals surface area contributed by atoms with Gasteiger partial charge in [-0.3, -0.25) is 19.3 Å². The zero-order valence-corrected chi connectivity index (χ0v) is 18.5. The molecule has 1 saturated heterocycles. The van der Waals surface area contributed by atoms with Gasteiger partial charge in [-0.1, -0.05) is 60.7 Å². The Kier molecular flexibility index (Phi) is 5.20. The van der Waals surface area contributed by atoms with Crippen LogP contribution in [0.3, 0.4) is 0 Å². The highest BCUT2D eigenvalue weighted by molar-refractivity contribution is 6.07. The third-order valence-corrected chi connectivity index (χ3v) is 7.41. The van der Waals surface area contributed by atoms with Gasteiger partial charge >= 0.3 is 0 Å². The van der Waals surface area contributed by atoms with E-state index in [-0.39, 0.29) is 47.8 Å². The first-order valence-corrected chi connectivity index (χ1v) is 11.4. The molecule has 1 aliphatic heterocycles. The monoisotopic (exact) mass is 428 g/mol. The van der Waals surface area contributed by atoms with Crippen molar-refractivity contribution < 1.29 is 14.4 Å². The molecular formula is C27H28N2O3. The maximum Gasteiger partial charge on any atom is 0.234 e. The standard InChI is InChI=1S/C27H28N2O3/c1-16-7-6-8-17(2)25(16)28-22(30)15-21(18-9-4-3-5-10-18)29-26(31)23-19-11-12-20(14-13-19)24(23)27(29)32/h3-12,19-21,23-24H,13-15H2,1-2H3,(H,28,30)/t19-,20-,21-,23-,24+/m0/s1. The molecule has 5 heteroatoms. The number of anilines is 1. The predicted molar refractivity (Wildman–Crippen MR) is 123 cm³/mol. The van der Waals surface area contributed by atoms with Gasteiger partial charge in [0.15, 0.2) is 0 Å². The van der Waals surface area contributed by atoms with E-state index in [1.54, 1.807) is 0 Å². The van der Waals surface area contributed by atoms with Crippen LogP contribution in [0.25, 0.3) is 0 Å². The minimum atomic E-state index is -0.606. The fraction of sp³-hybridized carbons (Fsp3) is 0.370. The zero-order valence-electron chi connectivity index (χ0n) is 18.5. The van der Waals surface area contributed by atoms with Gasteiger partial charge < -0.3 is 5.32 Å². The molecule has 2 aromatic rings. The summed E-state index contributed by atoms with van der Waals surface area (Å²) in [5.41, 5.74) is 3.57. The number of fused-ring (bicyclic) bond motifs is 1. The second kappa shape index (κ2) is 8.05. The number of rotatable bonds is 5. The molecule has 164 valence electrons. The number of benzene rings is 2. The summed E-state index contributed by atoms with van der Waals surface area (Å²) in [6.07, 6.45) is 6.19. The third kappa shape index (κ3) is 3.36. The molecule has 1 saturated carbocycles. The molecule has 6 rings (SSSR count). The molecule has 3 amide bonds. The number of aryl methyl sites for hydroxylation is 2. The van der Waals surface area contributed by atoms with E-state index in [0.717, 1.165) is 35.2 Å². The summed E-state index contributed by atoms with van der Waals surface area (Å²) < 4.78 is 0. The number of amides is 3. The highest BCUT2D eigenvalue weighted by Gasteiger charge is 2.58. The molecule has 5 nitrogen and oxygen atoms in total. The molecule has 0 aromatic heterocycles. The number of hydrogen-bond acceptors (Lipinski definition) is 3. The Bertz CT molecular complexity index is 1050. The van der Waals surface area contributed by atoms with Crippen LogP contribution in [0.4, 0.5) is 5.69 Å². The lowest BCUT2D eigenvalue weighted by Gasteiger charge is -2.38. The molecule has 1 heterocycles. The maximum absolute atomic E-state index is 13.5. The Labute approximate surface area is 188 Å². The molecule has 2 fully saturated rings. The van der Waals surface area contributed by atoms with Gasteiger partial charge in [-0.25, -0.2) is 0 Å². The van der Waals surface area contributed by atoms with Gasteiger partial charge in [-0.15, -0.1) is 0 Å². The number of para-hydroxylation sites is 1. The van der Waals surface area contributed by atoms with Crippen molar-refractivity contribution in [2.24, 2.45) is 23.7 Å². The van der Waals surface area contributed by atoms with E-state index in [1.807, 2.05) is 62.4 Å². The lowest BCUT2D eigenvalue weighted by molar-refractivity contribution is -0.143. The first-order valence-electron chi connectivity index (χ1n) is 11.4. The molecule has 0 spiro atoms. The van der Waals surface area contributed by atoms with Crippen molar-refractivity contribution in [3.63, 3.8) is 0 Å². The lowest BCUT2D eigenvalue weighted by Crippen LogP contribution is -2.38. The van der Waals surface area contributed by atoms with Gasteiger partial charge in [0.05, 0.1) is 24.3 Å². The molecular weight excluding hydrogens is 400 g/mol. The Morgan fingerprint density at radius 2 is 1.47 bits per heavy atom. The fourth-order valence-corrected chi connectivity index (χ4v) is 5.82. The lowest BCUT2D eigenvalue weighted by atomic mass is 9.63. The second-order valence-electron chi connectivity index (χ2n) is 9.33. The van der Waals surface area contributed by atoms with Crippen LogP contribution < -0.4 is 5.32 Å². The highest BCUT2D eigenvalue weighted by Crippen LogP contribution is 2.51. The smallest absolute Gasteiger partial charge is 0.234 e. The average molecular weight is 429 g/mol. The number of carbonyl (C=O) groups is 3. The van der Waals surface area contributed by atoms with Crippen LogP contribution in [-0.2, 0) is 14.4 Å². The number of nitrogens with zero attached hydrogens (tertiary/aromatic N) is 1. The summed E-state index contributed by atoms with van der Waals surface area (Å²) in [7, 11) is 0. The minimum absolute atomic E-state index is 0.0392. The first-order chi connectivity index (χ1) is 15.5.